The molecule has 0 saturated heterocycles. The van der Waals surface area contributed by atoms with Crippen molar-refractivity contribution in [2.24, 2.45) is 0 Å². The van der Waals surface area contributed by atoms with Crippen molar-refractivity contribution in [3.8, 4) is 11.1 Å². The minimum absolute atomic E-state index is 0.288. The van der Waals surface area contributed by atoms with E-state index in [4.69, 9.17) is 0 Å². The number of alkyl halides is 3. The normalized spacial score (nSPS) is 12.5. The number of rotatable bonds is 1. The number of hydrogen-bond acceptors (Lipinski definition) is 1. The van der Waals surface area contributed by atoms with Crippen molar-refractivity contribution in [1.29, 1.82) is 0 Å². The highest BCUT2D eigenvalue weighted by Gasteiger charge is 2.36. The van der Waals surface area contributed by atoms with Crippen LogP contribution in [0, 0.1) is 6.92 Å². The number of benzene rings is 1. The molecule has 2 aromatic rings. The Labute approximate surface area is 127 Å². The number of aromatic nitrogens is 1. The molecule has 0 spiro atoms. The van der Waals surface area contributed by atoms with Crippen LogP contribution in [0.15, 0.2) is 41.3 Å². The fourth-order valence-electron chi connectivity index (χ4n) is 2.38. The summed E-state index contributed by atoms with van der Waals surface area (Å²) in [6.07, 6.45) is -3.36. The van der Waals surface area contributed by atoms with Crippen molar-refractivity contribution in [3.05, 3.63) is 58.0 Å². The highest BCUT2D eigenvalue weighted by atomic mass is 19.4. The third-order valence-electron chi connectivity index (χ3n) is 3.43. The number of halogens is 3. The Morgan fingerprint density at radius 2 is 1.68 bits per heavy atom. The molecule has 0 saturated carbocycles. The predicted molar refractivity (Wildman–Crippen MR) is 80.9 cm³/mol. The summed E-state index contributed by atoms with van der Waals surface area (Å²) in [6.45, 7) is 7.12. The molecule has 0 radical (unpaired) electrons. The van der Waals surface area contributed by atoms with E-state index in [2.05, 4.69) is 0 Å². The molecule has 1 aromatic carbocycles. The van der Waals surface area contributed by atoms with Gasteiger partial charge in [-0.05, 0) is 39.3 Å². The van der Waals surface area contributed by atoms with Crippen LogP contribution in [0.5, 0.6) is 0 Å². The minimum Gasteiger partial charge on any atom is -0.310 e. The molecule has 0 atom stereocenters. The summed E-state index contributed by atoms with van der Waals surface area (Å²) in [7, 11) is 0. The van der Waals surface area contributed by atoms with Gasteiger partial charge in [0.2, 0.25) is 0 Å². The lowest BCUT2D eigenvalue weighted by atomic mass is 9.98. The first kappa shape index (κ1) is 16.3. The quantitative estimate of drug-likeness (QED) is 0.754. The van der Waals surface area contributed by atoms with Gasteiger partial charge in [0.1, 0.15) is 0 Å². The summed E-state index contributed by atoms with van der Waals surface area (Å²) in [6, 6.07) is 7.54. The molecule has 0 bridgehead atoms. The Morgan fingerprint density at radius 1 is 1.05 bits per heavy atom. The lowest BCUT2D eigenvalue weighted by Gasteiger charge is -2.24. The largest absolute Gasteiger partial charge is 0.417 e. The average Bonchev–Trinajstić information content (AvgIpc) is 2.35. The summed E-state index contributed by atoms with van der Waals surface area (Å²) in [5.74, 6) is 0. The van der Waals surface area contributed by atoms with Crippen LogP contribution in [0.2, 0.25) is 0 Å². The SMILES string of the molecule is Cc1cccc(-c2c(C(F)(F)F)ccn(C(C)(C)C)c2=O)c1. The molecular weight excluding hydrogens is 291 g/mol. The van der Waals surface area contributed by atoms with Gasteiger partial charge in [0, 0.05) is 11.7 Å². The predicted octanol–water partition coefficient (Wildman–Crippen LogP) is 4.60. The Kier molecular flexibility index (Phi) is 3.94. The molecule has 1 aromatic heterocycles. The average molecular weight is 309 g/mol. The van der Waals surface area contributed by atoms with Gasteiger partial charge in [-0.3, -0.25) is 4.79 Å². The number of nitrogens with zero attached hydrogens (tertiary/aromatic N) is 1. The molecule has 0 aliphatic heterocycles. The highest BCUT2D eigenvalue weighted by molar-refractivity contribution is 5.67. The molecular formula is C17H18F3NO. The summed E-state index contributed by atoms with van der Waals surface area (Å²) in [5.41, 5.74) is -1.34. The van der Waals surface area contributed by atoms with E-state index in [1.165, 1.54) is 16.8 Å². The standard InChI is InChI=1S/C17H18F3NO/c1-11-6-5-7-12(10-11)14-13(17(18,19)20)8-9-21(15(14)22)16(2,3)4/h5-10H,1-4H3. The van der Waals surface area contributed by atoms with Crippen LogP contribution in [0.25, 0.3) is 11.1 Å². The first-order chi connectivity index (χ1) is 10.0. The molecule has 0 aliphatic rings. The van der Waals surface area contributed by atoms with Gasteiger partial charge in [0.05, 0.1) is 11.1 Å². The Bertz CT molecular complexity index is 752. The van der Waals surface area contributed by atoms with Crippen molar-refractivity contribution < 1.29 is 13.2 Å². The van der Waals surface area contributed by atoms with Gasteiger partial charge in [-0.1, -0.05) is 29.8 Å². The van der Waals surface area contributed by atoms with Gasteiger partial charge in [-0.2, -0.15) is 13.2 Å². The van der Waals surface area contributed by atoms with Crippen LogP contribution < -0.4 is 5.56 Å². The van der Waals surface area contributed by atoms with Gasteiger partial charge in [-0.25, -0.2) is 0 Å². The smallest absolute Gasteiger partial charge is 0.310 e. The molecule has 22 heavy (non-hydrogen) atoms. The van der Waals surface area contributed by atoms with Crippen molar-refractivity contribution >= 4 is 0 Å². The van der Waals surface area contributed by atoms with Gasteiger partial charge in [0.15, 0.2) is 0 Å². The summed E-state index contributed by atoms with van der Waals surface area (Å²) >= 11 is 0. The van der Waals surface area contributed by atoms with E-state index >= 15 is 0 Å². The van der Waals surface area contributed by atoms with Crippen LogP contribution in [0.4, 0.5) is 13.2 Å². The first-order valence-corrected chi connectivity index (χ1v) is 6.92. The maximum Gasteiger partial charge on any atom is 0.417 e. The molecule has 0 fully saturated rings. The van der Waals surface area contributed by atoms with Gasteiger partial charge < -0.3 is 4.57 Å². The van der Waals surface area contributed by atoms with Crippen LogP contribution >= 0.6 is 0 Å². The van der Waals surface area contributed by atoms with E-state index in [1.54, 1.807) is 45.9 Å². The zero-order valence-electron chi connectivity index (χ0n) is 13.0. The van der Waals surface area contributed by atoms with Crippen molar-refractivity contribution in [2.75, 3.05) is 0 Å². The molecule has 1 heterocycles. The third kappa shape index (κ3) is 3.08. The first-order valence-electron chi connectivity index (χ1n) is 6.92. The molecule has 0 N–H and O–H groups in total. The lowest BCUT2D eigenvalue weighted by molar-refractivity contribution is -0.137. The van der Waals surface area contributed by atoms with Crippen LogP contribution in [-0.4, -0.2) is 4.57 Å². The third-order valence-corrected chi connectivity index (χ3v) is 3.43. The zero-order valence-corrected chi connectivity index (χ0v) is 13.0. The fourth-order valence-corrected chi connectivity index (χ4v) is 2.38. The Morgan fingerprint density at radius 3 is 2.18 bits per heavy atom. The van der Waals surface area contributed by atoms with Gasteiger partial charge in [-0.15, -0.1) is 0 Å². The monoisotopic (exact) mass is 309 g/mol. The van der Waals surface area contributed by atoms with E-state index in [-0.39, 0.29) is 11.1 Å². The minimum atomic E-state index is -4.57. The molecule has 0 aliphatic carbocycles. The number of pyridine rings is 1. The van der Waals surface area contributed by atoms with E-state index in [9.17, 15) is 18.0 Å². The fraction of sp³-hybridized carbons (Fsp3) is 0.353. The molecule has 5 heteroatoms. The second kappa shape index (κ2) is 5.30. The van der Waals surface area contributed by atoms with Gasteiger partial charge >= 0.3 is 6.18 Å². The molecule has 0 unspecified atom stereocenters. The van der Waals surface area contributed by atoms with E-state index in [0.29, 0.717) is 0 Å². The van der Waals surface area contributed by atoms with E-state index in [0.717, 1.165) is 11.6 Å². The van der Waals surface area contributed by atoms with Crippen molar-refractivity contribution in [3.63, 3.8) is 0 Å². The maximum atomic E-state index is 13.3. The summed E-state index contributed by atoms with van der Waals surface area (Å²) < 4.78 is 41.2. The van der Waals surface area contributed by atoms with E-state index < -0.39 is 22.8 Å². The van der Waals surface area contributed by atoms with E-state index in [1.807, 2.05) is 0 Å². The van der Waals surface area contributed by atoms with Crippen molar-refractivity contribution in [2.45, 2.75) is 39.4 Å². The number of aryl methyl sites for hydroxylation is 1. The molecule has 2 rings (SSSR count). The molecule has 118 valence electrons. The molecule has 0 amide bonds. The number of hydrogen-bond donors (Lipinski definition) is 0. The van der Waals surface area contributed by atoms with Crippen LogP contribution in [-0.2, 0) is 11.7 Å². The molecule has 2 nitrogen and oxygen atoms in total. The zero-order chi connectivity index (χ0) is 16.7. The Hall–Kier alpha value is -2.04. The van der Waals surface area contributed by atoms with Crippen molar-refractivity contribution in [1.82, 2.24) is 4.57 Å². The second-order valence-electron chi connectivity index (χ2n) is 6.32. The second-order valence-corrected chi connectivity index (χ2v) is 6.32. The van der Waals surface area contributed by atoms with Gasteiger partial charge in [0.25, 0.3) is 5.56 Å². The topological polar surface area (TPSA) is 22.0 Å². The maximum absolute atomic E-state index is 13.3. The summed E-state index contributed by atoms with van der Waals surface area (Å²) in [4.78, 5) is 12.7. The Balaban J connectivity index is 2.86. The summed E-state index contributed by atoms with van der Waals surface area (Å²) in [5, 5.41) is 0. The van der Waals surface area contributed by atoms with Crippen LogP contribution in [0.3, 0.4) is 0 Å². The lowest BCUT2D eigenvalue weighted by Crippen LogP contribution is -2.35. The highest BCUT2D eigenvalue weighted by Crippen LogP contribution is 2.35. The van der Waals surface area contributed by atoms with Crippen LogP contribution in [0.1, 0.15) is 31.9 Å².